The summed E-state index contributed by atoms with van der Waals surface area (Å²) in [4.78, 5) is 13.3. The van der Waals surface area contributed by atoms with E-state index in [4.69, 9.17) is 9.84 Å². The van der Waals surface area contributed by atoms with Crippen LogP contribution < -0.4 is 0 Å². The Hall–Kier alpha value is -1.62. The Morgan fingerprint density at radius 2 is 2.16 bits per heavy atom. The summed E-state index contributed by atoms with van der Waals surface area (Å²) in [6, 6.07) is 9.39. The molecule has 5 heteroatoms. The molecule has 104 valence electrons. The molecule has 4 nitrogen and oxygen atoms in total. The van der Waals surface area contributed by atoms with Gasteiger partial charge >= 0.3 is 6.09 Å². The Kier molecular flexibility index (Phi) is 4.74. The van der Waals surface area contributed by atoms with E-state index in [1.54, 1.807) is 0 Å². The second-order valence-corrected chi connectivity index (χ2v) is 4.73. The number of aliphatic hydroxyl groups is 1. The molecule has 1 aliphatic heterocycles. The number of benzene rings is 1. The first-order valence-electron chi connectivity index (χ1n) is 6.41. The summed E-state index contributed by atoms with van der Waals surface area (Å²) in [6.45, 7) is 0.513. The molecule has 1 N–H and O–H groups in total. The van der Waals surface area contributed by atoms with E-state index in [0.29, 0.717) is 6.54 Å². The van der Waals surface area contributed by atoms with Crippen molar-refractivity contribution in [2.24, 2.45) is 5.92 Å². The molecule has 1 aromatic rings. The molecule has 2 atom stereocenters. The third kappa shape index (κ3) is 3.67. The third-order valence-corrected chi connectivity index (χ3v) is 3.34. The average Bonchev–Trinajstić information content (AvgIpc) is 2.46. The largest absolute Gasteiger partial charge is 0.445 e. The van der Waals surface area contributed by atoms with E-state index in [2.05, 4.69) is 0 Å². The van der Waals surface area contributed by atoms with Gasteiger partial charge in [0.15, 0.2) is 0 Å². The van der Waals surface area contributed by atoms with Crippen LogP contribution in [-0.4, -0.2) is 42.0 Å². The summed E-state index contributed by atoms with van der Waals surface area (Å²) in [6.07, 6.45) is -1.23. The highest BCUT2D eigenvalue weighted by Gasteiger charge is 2.31. The first-order chi connectivity index (χ1) is 9.20. The van der Waals surface area contributed by atoms with Crippen LogP contribution in [0.1, 0.15) is 12.0 Å². The van der Waals surface area contributed by atoms with Crippen molar-refractivity contribution in [3.05, 3.63) is 35.9 Å². The minimum Gasteiger partial charge on any atom is -0.445 e. The van der Waals surface area contributed by atoms with Crippen LogP contribution in [0.5, 0.6) is 0 Å². The molecular formula is C14H18FNO3. The van der Waals surface area contributed by atoms with Gasteiger partial charge in [-0.25, -0.2) is 9.18 Å². The highest BCUT2D eigenvalue weighted by Crippen LogP contribution is 2.20. The van der Waals surface area contributed by atoms with Crippen LogP contribution in [0.25, 0.3) is 0 Å². The number of ether oxygens (including phenoxy) is 1. The Balaban J connectivity index is 1.83. The van der Waals surface area contributed by atoms with Crippen molar-refractivity contribution in [3.63, 3.8) is 0 Å². The molecule has 19 heavy (non-hydrogen) atoms. The lowest BCUT2D eigenvalue weighted by atomic mass is 9.97. The SMILES string of the molecule is O=C(OCc1ccccc1)N1CCC(F)C(CO)C1. The molecule has 0 radical (unpaired) electrons. The molecule has 0 aliphatic carbocycles. The number of carbonyl (C=O) groups is 1. The van der Waals surface area contributed by atoms with Gasteiger partial charge in [-0.3, -0.25) is 0 Å². The topological polar surface area (TPSA) is 49.8 Å². The summed E-state index contributed by atoms with van der Waals surface area (Å²) in [5.74, 6) is -0.502. The molecule has 0 saturated carbocycles. The van der Waals surface area contributed by atoms with Crippen LogP contribution in [0.3, 0.4) is 0 Å². The van der Waals surface area contributed by atoms with Gasteiger partial charge in [0.2, 0.25) is 0 Å². The molecule has 1 saturated heterocycles. The fraction of sp³-hybridized carbons (Fsp3) is 0.500. The van der Waals surface area contributed by atoms with Crippen LogP contribution >= 0.6 is 0 Å². The van der Waals surface area contributed by atoms with E-state index in [0.717, 1.165) is 5.56 Å². The van der Waals surface area contributed by atoms with Gasteiger partial charge in [0, 0.05) is 19.0 Å². The molecule has 0 spiro atoms. The molecule has 1 fully saturated rings. The maximum absolute atomic E-state index is 13.4. The maximum atomic E-state index is 13.4. The monoisotopic (exact) mass is 267 g/mol. The van der Waals surface area contributed by atoms with Crippen molar-refractivity contribution in [3.8, 4) is 0 Å². The summed E-state index contributed by atoms with van der Waals surface area (Å²) in [5.41, 5.74) is 0.912. The fourth-order valence-electron chi connectivity index (χ4n) is 2.15. The summed E-state index contributed by atoms with van der Waals surface area (Å²) < 4.78 is 18.6. The number of nitrogens with zero attached hydrogens (tertiary/aromatic N) is 1. The third-order valence-electron chi connectivity index (χ3n) is 3.34. The van der Waals surface area contributed by atoms with Crippen LogP contribution in [-0.2, 0) is 11.3 Å². The van der Waals surface area contributed by atoms with E-state index < -0.39 is 18.2 Å². The normalized spacial score (nSPS) is 23.2. The molecule has 1 aromatic carbocycles. The minimum atomic E-state index is -1.04. The van der Waals surface area contributed by atoms with Crippen molar-refractivity contribution in [1.82, 2.24) is 4.90 Å². The molecule has 2 rings (SSSR count). The smallest absolute Gasteiger partial charge is 0.410 e. The Bertz CT molecular complexity index is 412. The number of carbonyl (C=O) groups excluding carboxylic acids is 1. The Labute approximate surface area is 111 Å². The Morgan fingerprint density at radius 3 is 2.84 bits per heavy atom. The zero-order valence-electron chi connectivity index (χ0n) is 10.7. The number of aliphatic hydroxyl groups excluding tert-OH is 1. The molecule has 1 aliphatic rings. The maximum Gasteiger partial charge on any atom is 0.410 e. The molecule has 1 amide bonds. The van der Waals surface area contributed by atoms with Crippen LogP contribution in [0.15, 0.2) is 30.3 Å². The number of halogens is 1. The highest BCUT2D eigenvalue weighted by molar-refractivity contribution is 5.67. The van der Waals surface area contributed by atoms with Gasteiger partial charge in [-0.1, -0.05) is 30.3 Å². The van der Waals surface area contributed by atoms with Gasteiger partial charge in [-0.2, -0.15) is 0 Å². The molecular weight excluding hydrogens is 249 g/mol. The van der Waals surface area contributed by atoms with Gasteiger partial charge in [0.05, 0.1) is 6.61 Å². The van der Waals surface area contributed by atoms with E-state index in [1.165, 1.54) is 4.90 Å². The molecule has 0 bridgehead atoms. The lowest BCUT2D eigenvalue weighted by Gasteiger charge is -2.33. The first kappa shape index (κ1) is 13.8. The average molecular weight is 267 g/mol. The number of hydrogen-bond donors (Lipinski definition) is 1. The second-order valence-electron chi connectivity index (χ2n) is 4.73. The number of piperidine rings is 1. The Morgan fingerprint density at radius 1 is 1.42 bits per heavy atom. The second kappa shape index (κ2) is 6.52. The summed E-state index contributed by atoms with van der Waals surface area (Å²) in [5, 5.41) is 9.05. The number of amides is 1. The van der Waals surface area contributed by atoms with Crippen LogP contribution in [0, 0.1) is 5.92 Å². The zero-order valence-corrected chi connectivity index (χ0v) is 10.7. The molecule has 0 aromatic heterocycles. The van der Waals surface area contributed by atoms with E-state index in [9.17, 15) is 9.18 Å². The van der Waals surface area contributed by atoms with Crippen LogP contribution in [0.4, 0.5) is 9.18 Å². The van der Waals surface area contributed by atoms with Crippen molar-refractivity contribution >= 4 is 6.09 Å². The van der Waals surface area contributed by atoms with Crippen molar-refractivity contribution in [1.29, 1.82) is 0 Å². The lowest BCUT2D eigenvalue weighted by molar-refractivity contribution is 0.0346. The van der Waals surface area contributed by atoms with Gasteiger partial charge in [-0.15, -0.1) is 0 Å². The van der Waals surface area contributed by atoms with Gasteiger partial charge < -0.3 is 14.7 Å². The number of hydrogen-bond acceptors (Lipinski definition) is 3. The van der Waals surface area contributed by atoms with E-state index >= 15 is 0 Å². The molecule has 2 unspecified atom stereocenters. The standard InChI is InChI=1S/C14H18FNO3/c15-13-6-7-16(8-12(13)9-17)14(18)19-10-11-4-2-1-3-5-11/h1-5,12-13,17H,6-10H2. The number of rotatable bonds is 3. The minimum absolute atomic E-state index is 0.207. The highest BCUT2D eigenvalue weighted by atomic mass is 19.1. The summed E-state index contributed by atoms with van der Waals surface area (Å²) in [7, 11) is 0. The lowest BCUT2D eigenvalue weighted by Crippen LogP contribution is -2.46. The van der Waals surface area contributed by atoms with E-state index in [-0.39, 0.29) is 26.2 Å². The van der Waals surface area contributed by atoms with Crippen LogP contribution in [0.2, 0.25) is 0 Å². The molecule has 1 heterocycles. The quantitative estimate of drug-likeness (QED) is 0.911. The fourth-order valence-corrected chi connectivity index (χ4v) is 2.15. The number of alkyl halides is 1. The predicted molar refractivity (Wildman–Crippen MR) is 68.3 cm³/mol. The zero-order chi connectivity index (χ0) is 13.7. The number of likely N-dealkylation sites (tertiary alicyclic amines) is 1. The van der Waals surface area contributed by atoms with Crippen molar-refractivity contribution in [2.45, 2.75) is 19.2 Å². The van der Waals surface area contributed by atoms with Gasteiger partial charge in [0.1, 0.15) is 12.8 Å². The van der Waals surface area contributed by atoms with Crippen molar-refractivity contribution < 1.29 is 19.0 Å². The van der Waals surface area contributed by atoms with Gasteiger partial charge in [0.25, 0.3) is 0 Å². The van der Waals surface area contributed by atoms with Crippen molar-refractivity contribution in [2.75, 3.05) is 19.7 Å². The van der Waals surface area contributed by atoms with Gasteiger partial charge in [-0.05, 0) is 12.0 Å². The predicted octanol–water partition coefficient (Wildman–Crippen LogP) is 1.98. The summed E-state index contributed by atoms with van der Waals surface area (Å²) >= 11 is 0. The first-order valence-corrected chi connectivity index (χ1v) is 6.41. The van der Waals surface area contributed by atoms with E-state index in [1.807, 2.05) is 30.3 Å².